The lowest BCUT2D eigenvalue weighted by molar-refractivity contribution is 0.480. The zero-order chi connectivity index (χ0) is 17.9. The van der Waals surface area contributed by atoms with Gasteiger partial charge in [0.05, 0.1) is 37.5 Å². The predicted octanol–water partition coefficient (Wildman–Crippen LogP) is 4.40. The summed E-state index contributed by atoms with van der Waals surface area (Å²) in [5.41, 5.74) is 1.22. The summed E-state index contributed by atoms with van der Waals surface area (Å²) >= 11 is 1.70. The van der Waals surface area contributed by atoms with Crippen LogP contribution in [0.2, 0.25) is 0 Å². The van der Waals surface area contributed by atoms with Crippen molar-refractivity contribution in [3.05, 3.63) is 64.6 Å². The number of aromatic nitrogens is 2. The van der Waals surface area contributed by atoms with Gasteiger partial charge >= 0.3 is 0 Å². The average Bonchev–Trinajstić information content (AvgIpc) is 3.37. The van der Waals surface area contributed by atoms with E-state index in [-0.39, 0.29) is 0 Å². The van der Waals surface area contributed by atoms with Gasteiger partial charge in [-0.3, -0.25) is 0 Å². The molecule has 0 spiro atoms. The minimum atomic E-state index is 0.571. The first-order valence-electron chi connectivity index (χ1n) is 8.46. The molecule has 0 unspecified atom stereocenters. The van der Waals surface area contributed by atoms with E-state index in [1.807, 2.05) is 24.3 Å². The molecule has 2 N–H and O–H groups in total. The van der Waals surface area contributed by atoms with Gasteiger partial charge in [-0.05, 0) is 43.7 Å². The van der Waals surface area contributed by atoms with E-state index < -0.39 is 0 Å². The van der Waals surface area contributed by atoms with Crippen molar-refractivity contribution in [1.29, 1.82) is 0 Å². The summed E-state index contributed by atoms with van der Waals surface area (Å²) in [6.07, 6.45) is 3.35. The number of thiophene rings is 1. The molecule has 26 heavy (non-hydrogen) atoms. The summed E-state index contributed by atoms with van der Waals surface area (Å²) in [4.78, 5) is 11.7. The second-order valence-electron chi connectivity index (χ2n) is 6.07. The van der Waals surface area contributed by atoms with Crippen molar-refractivity contribution >= 4 is 27.4 Å². The Kier molecular flexibility index (Phi) is 4.73. The standard InChI is InChI=1S/C19H20N4O2S/c1-12-13(2)26-19-17(12)18(21-10-15-6-4-8-25-15)22-16(23-19)11-20-9-14-5-3-7-24-14/h3-8,20H,9-11H2,1-2H3,(H,21,22,23). The van der Waals surface area contributed by atoms with E-state index in [0.29, 0.717) is 19.6 Å². The molecule has 4 aromatic rings. The largest absolute Gasteiger partial charge is 0.468 e. The van der Waals surface area contributed by atoms with Crippen molar-refractivity contribution < 1.29 is 8.83 Å². The lowest BCUT2D eigenvalue weighted by Gasteiger charge is -2.09. The third-order valence-electron chi connectivity index (χ3n) is 4.25. The lowest BCUT2D eigenvalue weighted by atomic mass is 10.2. The van der Waals surface area contributed by atoms with Gasteiger partial charge in [-0.15, -0.1) is 11.3 Å². The Bertz CT molecular complexity index is 991. The zero-order valence-corrected chi connectivity index (χ0v) is 15.5. The van der Waals surface area contributed by atoms with Gasteiger partial charge in [-0.25, -0.2) is 9.97 Å². The van der Waals surface area contributed by atoms with E-state index in [0.717, 1.165) is 33.4 Å². The van der Waals surface area contributed by atoms with Crippen LogP contribution >= 0.6 is 11.3 Å². The summed E-state index contributed by atoms with van der Waals surface area (Å²) in [6, 6.07) is 7.66. The summed E-state index contributed by atoms with van der Waals surface area (Å²) < 4.78 is 10.8. The maximum Gasteiger partial charge on any atom is 0.146 e. The van der Waals surface area contributed by atoms with E-state index in [2.05, 4.69) is 24.5 Å². The molecular formula is C19H20N4O2S. The fraction of sp³-hybridized carbons (Fsp3) is 0.263. The number of hydrogen-bond acceptors (Lipinski definition) is 7. The first-order valence-corrected chi connectivity index (χ1v) is 9.28. The number of rotatable bonds is 7. The van der Waals surface area contributed by atoms with Crippen molar-refractivity contribution in [3.63, 3.8) is 0 Å². The average molecular weight is 368 g/mol. The van der Waals surface area contributed by atoms with Gasteiger partial charge in [0.15, 0.2) is 0 Å². The number of nitrogens with zero attached hydrogens (tertiary/aromatic N) is 2. The van der Waals surface area contributed by atoms with Crippen molar-refractivity contribution in [2.45, 2.75) is 33.5 Å². The SMILES string of the molecule is Cc1sc2nc(CNCc3ccco3)nc(NCc3ccco3)c2c1C. The van der Waals surface area contributed by atoms with Gasteiger partial charge in [0.25, 0.3) is 0 Å². The highest BCUT2D eigenvalue weighted by Gasteiger charge is 2.15. The summed E-state index contributed by atoms with van der Waals surface area (Å²) in [5.74, 6) is 3.37. The molecule has 4 aromatic heterocycles. The number of furan rings is 2. The van der Waals surface area contributed by atoms with Gasteiger partial charge in [-0.1, -0.05) is 0 Å². The number of hydrogen-bond donors (Lipinski definition) is 2. The van der Waals surface area contributed by atoms with Crippen LogP contribution in [0.15, 0.2) is 45.6 Å². The highest BCUT2D eigenvalue weighted by atomic mass is 32.1. The van der Waals surface area contributed by atoms with Crippen LogP contribution in [-0.2, 0) is 19.6 Å². The fourth-order valence-corrected chi connectivity index (χ4v) is 3.84. The van der Waals surface area contributed by atoms with Crippen molar-refractivity contribution in [1.82, 2.24) is 15.3 Å². The molecule has 0 aromatic carbocycles. The quantitative estimate of drug-likeness (QED) is 0.504. The maximum atomic E-state index is 5.41. The second-order valence-corrected chi connectivity index (χ2v) is 7.27. The maximum absolute atomic E-state index is 5.41. The van der Waals surface area contributed by atoms with Crippen LogP contribution in [-0.4, -0.2) is 9.97 Å². The first-order chi connectivity index (χ1) is 12.7. The minimum Gasteiger partial charge on any atom is -0.468 e. The Labute approximate surface area is 155 Å². The number of aryl methyl sites for hydroxylation is 2. The van der Waals surface area contributed by atoms with Crippen LogP contribution in [0.4, 0.5) is 5.82 Å². The molecule has 0 fully saturated rings. The van der Waals surface area contributed by atoms with Crippen LogP contribution in [0.5, 0.6) is 0 Å². The van der Waals surface area contributed by atoms with E-state index >= 15 is 0 Å². The molecule has 0 saturated heterocycles. The van der Waals surface area contributed by atoms with Crippen molar-refractivity contribution in [2.75, 3.05) is 5.32 Å². The molecule has 134 valence electrons. The van der Waals surface area contributed by atoms with E-state index in [9.17, 15) is 0 Å². The van der Waals surface area contributed by atoms with E-state index in [4.69, 9.17) is 18.8 Å². The topological polar surface area (TPSA) is 76.1 Å². The molecule has 6 nitrogen and oxygen atoms in total. The number of anilines is 1. The molecule has 0 aliphatic rings. The molecule has 0 bridgehead atoms. The highest BCUT2D eigenvalue weighted by molar-refractivity contribution is 7.18. The zero-order valence-electron chi connectivity index (χ0n) is 14.7. The Hall–Kier alpha value is -2.64. The Balaban J connectivity index is 1.57. The molecule has 0 radical (unpaired) electrons. The molecule has 0 saturated carbocycles. The Morgan fingerprint density at radius 1 is 0.962 bits per heavy atom. The van der Waals surface area contributed by atoms with Crippen LogP contribution < -0.4 is 10.6 Å². The summed E-state index contributed by atoms with van der Waals surface area (Å²) in [7, 11) is 0. The van der Waals surface area contributed by atoms with Gasteiger partial charge in [0.1, 0.15) is 28.0 Å². The normalized spacial score (nSPS) is 11.3. The summed E-state index contributed by atoms with van der Waals surface area (Å²) in [5, 5.41) is 7.82. The van der Waals surface area contributed by atoms with Crippen molar-refractivity contribution in [3.8, 4) is 0 Å². The Morgan fingerprint density at radius 2 is 1.69 bits per heavy atom. The van der Waals surface area contributed by atoms with Gasteiger partial charge in [0.2, 0.25) is 0 Å². The molecular weight excluding hydrogens is 348 g/mol. The predicted molar refractivity (Wildman–Crippen MR) is 102 cm³/mol. The summed E-state index contributed by atoms with van der Waals surface area (Å²) in [6.45, 7) is 6.04. The van der Waals surface area contributed by atoms with Crippen LogP contribution in [0.1, 0.15) is 27.8 Å². The molecule has 4 rings (SSSR count). The monoisotopic (exact) mass is 368 g/mol. The van der Waals surface area contributed by atoms with Crippen molar-refractivity contribution in [2.24, 2.45) is 0 Å². The second kappa shape index (κ2) is 7.31. The molecule has 7 heteroatoms. The molecule has 4 heterocycles. The molecule has 0 atom stereocenters. The van der Waals surface area contributed by atoms with Gasteiger partial charge < -0.3 is 19.5 Å². The third kappa shape index (κ3) is 3.49. The molecule has 0 amide bonds. The molecule has 0 aliphatic heterocycles. The third-order valence-corrected chi connectivity index (χ3v) is 5.35. The van der Waals surface area contributed by atoms with Crippen LogP contribution in [0.25, 0.3) is 10.2 Å². The fourth-order valence-electron chi connectivity index (χ4n) is 2.80. The Morgan fingerprint density at radius 3 is 2.38 bits per heavy atom. The number of fused-ring (bicyclic) bond motifs is 1. The lowest BCUT2D eigenvalue weighted by Crippen LogP contribution is -2.15. The van der Waals surface area contributed by atoms with E-state index in [1.54, 1.807) is 23.9 Å². The minimum absolute atomic E-state index is 0.571. The highest BCUT2D eigenvalue weighted by Crippen LogP contribution is 2.33. The van der Waals surface area contributed by atoms with Gasteiger partial charge in [-0.2, -0.15) is 0 Å². The van der Waals surface area contributed by atoms with Gasteiger partial charge in [0, 0.05) is 4.88 Å². The number of nitrogens with one attached hydrogen (secondary N) is 2. The van der Waals surface area contributed by atoms with E-state index in [1.165, 1.54) is 10.4 Å². The van der Waals surface area contributed by atoms with Crippen LogP contribution in [0, 0.1) is 13.8 Å². The smallest absolute Gasteiger partial charge is 0.146 e. The van der Waals surface area contributed by atoms with Crippen LogP contribution in [0.3, 0.4) is 0 Å². The first kappa shape index (κ1) is 16.8. The molecule has 0 aliphatic carbocycles.